The van der Waals surface area contributed by atoms with Crippen LogP contribution in [0, 0.1) is 5.41 Å². The van der Waals surface area contributed by atoms with Crippen molar-refractivity contribution in [1.82, 2.24) is 30.2 Å². The number of hydrogen-bond acceptors (Lipinski definition) is 25. The van der Waals surface area contributed by atoms with Crippen molar-refractivity contribution in [2.75, 3.05) is 37.8 Å². The van der Waals surface area contributed by atoms with Gasteiger partial charge in [0.1, 0.15) is 36.3 Å². The maximum absolute atomic E-state index is 12.6. The smallest absolute Gasteiger partial charge is 0.274 e. The Labute approximate surface area is 370 Å². The van der Waals surface area contributed by atoms with Crippen LogP contribution in [-0.2, 0) is 55.5 Å². The summed E-state index contributed by atoms with van der Waals surface area (Å²) in [5.74, 6) is -2.51. The molecule has 1 aliphatic heterocycles. The fourth-order valence-electron chi connectivity index (χ4n) is 5.98. The van der Waals surface area contributed by atoms with E-state index >= 15 is 0 Å². The standard InChI is InChI=1S/C33H56N7O20P3S/c1-33(2,28(47)31(48)36-12-11-22(42)35-13-14-64-24(45)15-20(41)9-7-5-3-4-6-8-10-23(43)44)17-57-63(54,55)60-62(52,53)56-16-21-27(59-61(49,50)51)26(46)32(58-21)40-19-39-25-29(34)37-18-38-30(25)40/h18-21,26-28,32,41,46-47H,3-17H2,1-2H3,(H,35,42)(H,36,48)(H,43,44)(H,52,53)(H,54,55)(H2,34,37,38)(H2,49,50,51)/p-5/t20-,21+,26+,27+,28-,32+/m0/s1. The molecule has 0 radical (unpaired) electrons. The zero-order chi connectivity index (χ0) is 47.9. The summed E-state index contributed by atoms with van der Waals surface area (Å²) in [5, 5.41) is 46.5. The van der Waals surface area contributed by atoms with Gasteiger partial charge in [-0.05, 0) is 19.3 Å². The van der Waals surface area contributed by atoms with Crippen LogP contribution in [0.2, 0.25) is 0 Å². The number of phosphoric acid groups is 3. The van der Waals surface area contributed by atoms with Gasteiger partial charge in [0.05, 0.1) is 33.5 Å². The Morgan fingerprint density at radius 2 is 1.61 bits per heavy atom. The topological polar surface area (TPSA) is 435 Å². The largest absolute Gasteiger partial charge is 0.790 e. The number of carbonyl (C=O) groups is 4. The predicted octanol–water partition coefficient (Wildman–Crippen LogP) is -3.24. The van der Waals surface area contributed by atoms with E-state index in [1.807, 2.05) is 0 Å². The molecule has 0 spiro atoms. The first-order valence-electron chi connectivity index (χ1n) is 19.7. The molecule has 1 aliphatic rings. The van der Waals surface area contributed by atoms with Crippen LogP contribution >= 0.6 is 35.2 Å². The summed E-state index contributed by atoms with van der Waals surface area (Å²) < 4.78 is 60.6. The van der Waals surface area contributed by atoms with E-state index in [2.05, 4.69) is 43.5 Å². The van der Waals surface area contributed by atoms with Crippen molar-refractivity contribution in [3.63, 3.8) is 0 Å². The first-order valence-corrected chi connectivity index (χ1v) is 25.0. The van der Waals surface area contributed by atoms with Gasteiger partial charge < -0.3 is 84.0 Å². The normalized spacial score (nSPS) is 20.9. The number of nitrogens with two attached hydrogens (primary N) is 1. The number of nitrogen functional groups attached to an aromatic ring is 1. The molecular weight excluding hydrogens is 939 g/mol. The molecule has 0 aromatic carbocycles. The van der Waals surface area contributed by atoms with Gasteiger partial charge in [0.25, 0.3) is 15.6 Å². The highest BCUT2D eigenvalue weighted by atomic mass is 32.2. The number of carbonyl (C=O) groups excluding carboxylic acids is 4. The Hall–Kier alpha value is -3.01. The number of nitrogens with one attached hydrogen (secondary N) is 2. The zero-order valence-electron chi connectivity index (χ0n) is 34.6. The Morgan fingerprint density at radius 1 is 0.953 bits per heavy atom. The van der Waals surface area contributed by atoms with E-state index < -0.39 is 96.6 Å². The van der Waals surface area contributed by atoms with Gasteiger partial charge in [-0.2, -0.15) is 0 Å². The lowest BCUT2D eigenvalue weighted by molar-refractivity contribution is -0.347. The number of imidazole rings is 1. The number of fused-ring (bicyclic) bond motifs is 1. The lowest BCUT2D eigenvalue weighted by atomic mass is 9.87. The molecule has 27 nitrogen and oxygen atoms in total. The third kappa shape index (κ3) is 19.1. The minimum atomic E-state index is -5.94. The first kappa shape index (κ1) is 55.3. The molecule has 31 heteroatoms. The molecule has 0 bridgehead atoms. The molecule has 8 atom stereocenters. The minimum absolute atomic E-state index is 0.0323. The molecule has 2 aromatic heterocycles. The molecule has 2 amide bonds. The van der Waals surface area contributed by atoms with E-state index in [4.69, 9.17) is 10.5 Å². The predicted molar refractivity (Wildman–Crippen MR) is 211 cm³/mol. The third-order valence-electron chi connectivity index (χ3n) is 9.31. The summed E-state index contributed by atoms with van der Waals surface area (Å²) in [7, 11) is -17.7. The van der Waals surface area contributed by atoms with Gasteiger partial charge in [-0.25, -0.2) is 19.3 Å². The Balaban J connectivity index is 1.37. The second-order valence-electron chi connectivity index (χ2n) is 15.1. The molecule has 1 saturated heterocycles. The molecular formula is C33H51N7O20P3S-5. The first-order chi connectivity index (χ1) is 29.8. The molecule has 3 heterocycles. The summed E-state index contributed by atoms with van der Waals surface area (Å²) in [4.78, 5) is 107. The van der Waals surface area contributed by atoms with Crippen LogP contribution in [0.4, 0.5) is 5.82 Å². The second kappa shape index (κ2) is 25.2. The van der Waals surface area contributed by atoms with Crippen LogP contribution < -0.4 is 41.0 Å². The second-order valence-corrected chi connectivity index (χ2v) is 20.3. The fourth-order valence-corrected chi connectivity index (χ4v) is 9.46. The van der Waals surface area contributed by atoms with Crippen LogP contribution in [-0.4, -0.2) is 120 Å². The third-order valence-corrected chi connectivity index (χ3v) is 13.2. The van der Waals surface area contributed by atoms with Crippen molar-refractivity contribution in [3.8, 4) is 0 Å². The number of aliphatic hydroxyl groups excluding tert-OH is 3. The van der Waals surface area contributed by atoms with Crippen molar-refractivity contribution in [2.45, 2.75) is 115 Å². The molecule has 2 aromatic rings. The fraction of sp³-hybridized carbons (Fsp3) is 0.727. The lowest BCUT2D eigenvalue weighted by Gasteiger charge is -2.36. The highest BCUT2D eigenvalue weighted by molar-refractivity contribution is 8.13. The molecule has 1 fully saturated rings. The van der Waals surface area contributed by atoms with Crippen molar-refractivity contribution >= 4 is 75.1 Å². The maximum Gasteiger partial charge on any atom is 0.274 e. The molecule has 364 valence electrons. The summed E-state index contributed by atoms with van der Waals surface area (Å²) in [5.41, 5.74) is 4.02. The SMILES string of the molecule is CC(C)(COP(=O)([O-])OP(=O)([O-])OC[C@H]1O[C@@H](n2cnc3c(N)ncnc32)[C@H](O)[C@@H]1OP(=O)([O-])[O-])[C@@H](O)C(=O)NCCC(=O)NCCSC(=O)C[C@@H](O)CCCCCCCCC(=O)[O-]. The molecule has 7 N–H and O–H groups in total. The van der Waals surface area contributed by atoms with Crippen LogP contribution in [0.3, 0.4) is 0 Å². The van der Waals surface area contributed by atoms with Crippen molar-refractivity contribution in [2.24, 2.45) is 5.41 Å². The van der Waals surface area contributed by atoms with Gasteiger partial charge in [0.2, 0.25) is 11.8 Å². The van der Waals surface area contributed by atoms with Crippen LogP contribution in [0.25, 0.3) is 11.2 Å². The number of amides is 2. The van der Waals surface area contributed by atoms with E-state index in [0.717, 1.165) is 54.7 Å². The molecule has 3 rings (SSSR count). The van der Waals surface area contributed by atoms with Gasteiger partial charge in [0, 0.05) is 43.1 Å². The zero-order valence-corrected chi connectivity index (χ0v) is 38.1. The number of anilines is 1. The number of unbranched alkanes of at least 4 members (excludes halogenated alkanes) is 5. The number of hydrogen-bond donors (Lipinski definition) is 6. The van der Waals surface area contributed by atoms with Crippen LogP contribution in [0.15, 0.2) is 12.7 Å². The van der Waals surface area contributed by atoms with Crippen LogP contribution in [0.1, 0.15) is 84.3 Å². The van der Waals surface area contributed by atoms with Gasteiger partial charge in [-0.1, -0.05) is 57.7 Å². The molecule has 2 unspecified atom stereocenters. The summed E-state index contributed by atoms with van der Waals surface area (Å²) in [6, 6.07) is 0. The number of thioether (sulfide) groups is 1. The molecule has 64 heavy (non-hydrogen) atoms. The van der Waals surface area contributed by atoms with E-state index in [-0.39, 0.29) is 60.2 Å². The lowest BCUT2D eigenvalue weighted by Crippen LogP contribution is -2.46. The van der Waals surface area contributed by atoms with E-state index in [9.17, 15) is 72.9 Å². The number of ether oxygens (including phenoxy) is 1. The van der Waals surface area contributed by atoms with Gasteiger partial charge in [-0.15, -0.1) is 0 Å². The van der Waals surface area contributed by atoms with E-state index in [1.54, 1.807) is 0 Å². The van der Waals surface area contributed by atoms with Crippen molar-refractivity contribution in [1.29, 1.82) is 0 Å². The highest BCUT2D eigenvalue weighted by Gasteiger charge is 2.47. The maximum atomic E-state index is 12.6. The minimum Gasteiger partial charge on any atom is -0.790 e. The highest BCUT2D eigenvalue weighted by Crippen LogP contribution is 2.56. The average Bonchev–Trinajstić information content (AvgIpc) is 3.75. The molecule has 0 aliphatic carbocycles. The van der Waals surface area contributed by atoms with Gasteiger partial charge >= 0.3 is 0 Å². The Morgan fingerprint density at radius 3 is 2.28 bits per heavy atom. The summed E-state index contributed by atoms with van der Waals surface area (Å²) in [6.45, 7) is -0.130. The molecule has 0 saturated carbocycles. The number of nitrogens with zero attached hydrogens (tertiary/aromatic N) is 4. The van der Waals surface area contributed by atoms with Gasteiger partial charge in [-0.3, -0.25) is 28.1 Å². The van der Waals surface area contributed by atoms with Crippen molar-refractivity contribution in [3.05, 3.63) is 12.7 Å². The number of carboxylic acid groups (broad SMARTS) is 1. The number of phosphoric ester groups is 3. The summed E-state index contributed by atoms with van der Waals surface area (Å²) >= 11 is 0.929. The number of aliphatic hydroxyl groups is 3. The van der Waals surface area contributed by atoms with E-state index in [0.29, 0.717) is 19.3 Å². The van der Waals surface area contributed by atoms with Crippen molar-refractivity contribution < 1.29 is 95.5 Å². The monoisotopic (exact) mass is 990 g/mol. The Kier molecular flexibility index (Phi) is 21.8. The number of aliphatic carboxylic acids is 1. The van der Waals surface area contributed by atoms with E-state index in [1.165, 1.54) is 13.8 Å². The van der Waals surface area contributed by atoms with Gasteiger partial charge in [0.15, 0.2) is 22.8 Å². The van der Waals surface area contributed by atoms with Crippen LogP contribution in [0.5, 0.6) is 0 Å². The quantitative estimate of drug-likeness (QED) is 0.0331. The number of carboxylic acids is 1. The average molecular weight is 991 g/mol. The Bertz CT molecular complexity index is 2030. The number of rotatable bonds is 30. The number of aromatic nitrogens is 4. The summed E-state index contributed by atoms with van der Waals surface area (Å²) in [6.07, 6.45) is -3.48.